The van der Waals surface area contributed by atoms with Gasteiger partial charge >= 0.3 is 0 Å². The molecule has 1 aromatic carbocycles. The van der Waals surface area contributed by atoms with E-state index in [4.69, 9.17) is 0 Å². The van der Waals surface area contributed by atoms with Crippen molar-refractivity contribution < 1.29 is 18.0 Å². The minimum absolute atomic E-state index is 0.0338. The van der Waals surface area contributed by atoms with E-state index in [1.54, 1.807) is 23.1 Å². The van der Waals surface area contributed by atoms with Gasteiger partial charge in [-0.2, -0.15) is 4.31 Å². The second kappa shape index (κ2) is 7.96. The molecule has 2 heterocycles. The van der Waals surface area contributed by atoms with Crippen LogP contribution in [0.4, 0.5) is 5.69 Å². The Balaban J connectivity index is 1.50. The van der Waals surface area contributed by atoms with E-state index in [1.807, 2.05) is 11.8 Å². The first kappa shape index (κ1) is 21.3. The van der Waals surface area contributed by atoms with Gasteiger partial charge in [-0.25, -0.2) is 8.42 Å². The summed E-state index contributed by atoms with van der Waals surface area (Å²) in [6.07, 6.45) is 4.59. The maximum Gasteiger partial charge on any atom is 0.243 e. The van der Waals surface area contributed by atoms with E-state index in [0.29, 0.717) is 25.4 Å². The Morgan fingerprint density at radius 3 is 2.57 bits per heavy atom. The number of carbonyl (C=O) groups excluding carboxylic acids is 2. The third-order valence-corrected chi connectivity index (χ3v) is 8.31. The zero-order valence-electron chi connectivity index (χ0n) is 18.0. The van der Waals surface area contributed by atoms with Gasteiger partial charge < -0.3 is 9.80 Å². The van der Waals surface area contributed by atoms with Crippen molar-refractivity contribution in [3.63, 3.8) is 0 Å². The van der Waals surface area contributed by atoms with E-state index in [2.05, 4.69) is 6.92 Å². The molecule has 1 saturated heterocycles. The van der Waals surface area contributed by atoms with Gasteiger partial charge in [0.25, 0.3) is 0 Å². The zero-order chi connectivity index (χ0) is 21.6. The van der Waals surface area contributed by atoms with Crippen molar-refractivity contribution in [2.45, 2.75) is 56.9 Å². The SMILES string of the molecule is C[C@@H]1CCCN(C(=O)CN(C)S(=O)(=O)c2ccc3c(c2)C[C@@H](C)N3C(=O)C2CC2)C1. The number of hydrogen-bond donors (Lipinski definition) is 0. The van der Waals surface area contributed by atoms with Crippen LogP contribution in [-0.4, -0.2) is 62.2 Å². The van der Waals surface area contributed by atoms with Crippen molar-refractivity contribution in [2.75, 3.05) is 31.6 Å². The van der Waals surface area contributed by atoms with Crippen LogP contribution in [0.15, 0.2) is 23.1 Å². The van der Waals surface area contributed by atoms with Gasteiger partial charge in [0.15, 0.2) is 0 Å². The highest BCUT2D eigenvalue weighted by atomic mass is 32.2. The van der Waals surface area contributed by atoms with Crippen LogP contribution in [-0.2, 0) is 26.0 Å². The summed E-state index contributed by atoms with van der Waals surface area (Å²) in [4.78, 5) is 29.0. The van der Waals surface area contributed by atoms with Gasteiger partial charge in [-0.15, -0.1) is 0 Å². The lowest BCUT2D eigenvalue weighted by molar-refractivity contribution is -0.132. The molecule has 7 nitrogen and oxygen atoms in total. The van der Waals surface area contributed by atoms with E-state index < -0.39 is 10.0 Å². The number of likely N-dealkylation sites (N-methyl/N-ethyl adjacent to an activating group) is 1. The van der Waals surface area contributed by atoms with Crippen molar-refractivity contribution in [3.8, 4) is 0 Å². The van der Waals surface area contributed by atoms with Crippen molar-refractivity contribution in [1.29, 1.82) is 0 Å². The monoisotopic (exact) mass is 433 g/mol. The van der Waals surface area contributed by atoms with Gasteiger partial charge in [0.05, 0.1) is 11.4 Å². The summed E-state index contributed by atoms with van der Waals surface area (Å²) in [6.45, 7) is 5.34. The fourth-order valence-corrected chi connectivity index (χ4v) is 5.77. The van der Waals surface area contributed by atoms with Crippen molar-refractivity contribution in [2.24, 2.45) is 11.8 Å². The molecule has 2 fully saturated rings. The van der Waals surface area contributed by atoms with E-state index >= 15 is 0 Å². The molecule has 164 valence electrons. The van der Waals surface area contributed by atoms with Crippen LogP contribution in [0.2, 0.25) is 0 Å². The first-order valence-electron chi connectivity index (χ1n) is 10.9. The lowest BCUT2D eigenvalue weighted by Gasteiger charge is -2.32. The third kappa shape index (κ3) is 3.99. The quantitative estimate of drug-likeness (QED) is 0.714. The first-order chi connectivity index (χ1) is 14.2. The highest BCUT2D eigenvalue weighted by Crippen LogP contribution is 2.39. The summed E-state index contributed by atoms with van der Waals surface area (Å²) in [6, 6.07) is 5.01. The molecule has 0 radical (unpaired) electrons. The maximum absolute atomic E-state index is 13.1. The normalized spacial score (nSPS) is 24.3. The number of rotatable bonds is 5. The Hall–Kier alpha value is -1.93. The summed E-state index contributed by atoms with van der Waals surface area (Å²) in [5.41, 5.74) is 1.70. The molecule has 1 saturated carbocycles. The van der Waals surface area contributed by atoms with Crippen LogP contribution in [0.5, 0.6) is 0 Å². The summed E-state index contributed by atoms with van der Waals surface area (Å²) in [5.74, 6) is 0.569. The number of piperidine rings is 1. The van der Waals surface area contributed by atoms with E-state index in [9.17, 15) is 18.0 Å². The van der Waals surface area contributed by atoms with Crippen molar-refractivity contribution in [3.05, 3.63) is 23.8 Å². The number of sulfonamides is 1. The predicted molar refractivity (Wildman–Crippen MR) is 115 cm³/mol. The Morgan fingerprint density at radius 1 is 1.17 bits per heavy atom. The van der Waals surface area contributed by atoms with E-state index in [1.165, 1.54) is 7.05 Å². The molecule has 2 atom stereocenters. The lowest BCUT2D eigenvalue weighted by Crippen LogP contribution is -2.45. The highest BCUT2D eigenvalue weighted by Gasteiger charge is 2.40. The van der Waals surface area contributed by atoms with Gasteiger partial charge in [-0.3, -0.25) is 9.59 Å². The number of benzene rings is 1. The molecule has 1 aliphatic carbocycles. The van der Waals surface area contributed by atoms with Gasteiger partial charge in [0, 0.05) is 37.8 Å². The zero-order valence-corrected chi connectivity index (χ0v) is 18.8. The fourth-order valence-electron chi connectivity index (χ4n) is 4.60. The first-order valence-corrected chi connectivity index (χ1v) is 12.3. The summed E-state index contributed by atoms with van der Waals surface area (Å²) < 4.78 is 27.3. The van der Waals surface area contributed by atoms with Crippen LogP contribution in [0.25, 0.3) is 0 Å². The summed E-state index contributed by atoms with van der Waals surface area (Å²) >= 11 is 0. The molecule has 0 N–H and O–H groups in total. The number of likely N-dealkylation sites (tertiary alicyclic amines) is 1. The number of fused-ring (bicyclic) bond motifs is 1. The minimum Gasteiger partial charge on any atom is -0.341 e. The lowest BCUT2D eigenvalue weighted by atomic mass is 10.0. The Labute approximate surface area is 179 Å². The molecule has 3 aliphatic rings. The molecule has 0 unspecified atom stereocenters. The minimum atomic E-state index is -3.78. The third-order valence-electron chi connectivity index (χ3n) is 6.51. The summed E-state index contributed by atoms with van der Waals surface area (Å²) in [5, 5.41) is 0. The number of hydrogen-bond acceptors (Lipinski definition) is 4. The van der Waals surface area contributed by atoms with Crippen LogP contribution < -0.4 is 4.90 Å². The number of carbonyl (C=O) groups is 2. The molecular weight excluding hydrogens is 402 g/mol. The Morgan fingerprint density at radius 2 is 1.90 bits per heavy atom. The molecule has 1 aromatic rings. The average molecular weight is 434 g/mol. The van der Waals surface area contributed by atoms with E-state index in [0.717, 1.165) is 41.2 Å². The number of amides is 2. The smallest absolute Gasteiger partial charge is 0.243 e. The molecule has 0 spiro atoms. The Kier molecular flexibility index (Phi) is 5.66. The average Bonchev–Trinajstić information content (AvgIpc) is 3.49. The maximum atomic E-state index is 13.1. The van der Waals surface area contributed by atoms with Crippen LogP contribution in [0.1, 0.15) is 45.1 Å². The van der Waals surface area contributed by atoms with Gasteiger partial charge in [-0.1, -0.05) is 6.92 Å². The molecule has 0 bridgehead atoms. The largest absolute Gasteiger partial charge is 0.341 e. The molecule has 8 heteroatoms. The van der Waals surface area contributed by atoms with E-state index in [-0.39, 0.29) is 35.2 Å². The van der Waals surface area contributed by atoms with Gasteiger partial charge in [0.2, 0.25) is 21.8 Å². The molecule has 30 heavy (non-hydrogen) atoms. The highest BCUT2D eigenvalue weighted by molar-refractivity contribution is 7.89. The Bertz CT molecular complexity index is 957. The molecule has 0 aromatic heterocycles. The van der Waals surface area contributed by atoms with Crippen LogP contribution in [0.3, 0.4) is 0 Å². The molecular formula is C22H31N3O4S. The molecule has 2 aliphatic heterocycles. The van der Waals surface area contributed by atoms with Crippen LogP contribution >= 0.6 is 0 Å². The number of nitrogens with zero attached hydrogens (tertiary/aromatic N) is 3. The predicted octanol–water partition coefficient (Wildman–Crippen LogP) is 2.25. The topological polar surface area (TPSA) is 78.0 Å². The molecule has 4 rings (SSSR count). The van der Waals surface area contributed by atoms with Crippen molar-refractivity contribution >= 4 is 27.5 Å². The fraction of sp³-hybridized carbons (Fsp3) is 0.636. The molecule has 2 amide bonds. The second-order valence-electron chi connectivity index (χ2n) is 9.17. The van der Waals surface area contributed by atoms with Crippen LogP contribution in [0, 0.1) is 11.8 Å². The van der Waals surface area contributed by atoms with Gasteiger partial charge in [0.1, 0.15) is 0 Å². The summed E-state index contributed by atoms with van der Waals surface area (Å²) in [7, 11) is -2.33. The van der Waals surface area contributed by atoms with Crippen molar-refractivity contribution in [1.82, 2.24) is 9.21 Å². The second-order valence-corrected chi connectivity index (χ2v) is 11.2. The number of anilines is 1. The van der Waals surface area contributed by atoms with Gasteiger partial charge in [-0.05, 0) is 68.7 Å². The standard InChI is InChI=1S/C22H31N3O4S/c1-15-5-4-10-24(13-15)21(26)14-23(3)30(28,29)19-8-9-20-18(12-19)11-16(2)25(20)22(27)17-6-7-17/h8-9,12,15-17H,4-7,10-11,13-14H2,1-3H3/t15-,16-/m1/s1.